The van der Waals surface area contributed by atoms with E-state index < -0.39 is 0 Å². The third-order valence-corrected chi connectivity index (χ3v) is 5.73. The standard InChI is InChI=1S/C23H28FN3O2/c24-20-6-8-21(9-7-20)26-12-14-27(15-13-26)23(28)25-11-16-29-22-10-5-18-3-1-2-4-19(18)17-22/h5-10,17H,1-4,11-16H2,(H,25,28). The molecule has 0 unspecified atom stereocenters. The maximum Gasteiger partial charge on any atom is 0.317 e. The molecule has 1 aliphatic heterocycles. The van der Waals surface area contributed by atoms with E-state index in [1.165, 1.54) is 42.5 Å². The van der Waals surface area contributed by atoms with Crippen LogP contribution in [0, 0.1) is 5.82 Å². The number of halogens is 1. The third kappa shape index (κ3) is 5.00. The molecule has 0 saturated carbocycles. The number of amides is 2. The number of anilines is 1. The molecule has 0 spiro atoms. The zero-order valence-electron chi connectivity index (χ0n) is 16.7. The number of fused-ring (bicyclic) bond motifs is 1. The van der Waals surface area contributed by atoms with Gasteiger partial charge in [0.25, 0.3) is 0 Å². The molecule has 6 heteroatoms. The summed E-state index contributed by atoms with van der Waals surface area (Å²) in [6.07, 6.45) is 4.82. The number of hydrogen-bond donors (Lipinski definition) is 1. The summed E-state index contributed by atoms with van der Waals surface area (Å²) in [6.45, 7) is 3.72. The molecule has 2 amide bonds. The summed E-state index contributed by atoms with van der Waals surface area (Å²) in [5, 5.41) is 2.94. The molecule has 29 heavy (non-hydrogen) atoms. The normalized spacial score (nSPS) is 16.3. The fourth-order valence-electron chi connectivity index (χ4n) is 4.06. The molecule has 0 radical (unpaired) electrons. The third-order valence-electron chi connectivity index (χ3n) is 5.73. The number of hydrogen-bond acceptors (Lipinski definition) is 3. The highest BCUT2D eigenvalue weighted by atomic mass is 19.1. The van der Waals surface area contributed by atoms with Crippen molar-refractivity contribution < 1.29 is 13.9 Å². The number of aryl methyl sites for hydroxylation is 2. The molecular weight excluding hydrogens is 369 g/mol. The maximum atomic E-state index is 13.1. The second-order valence-electron chi connectivity index (χ2n) is 7.67. The lowest BCUT2D eigenvalue weighted by atomic mass is 9.92. The van der Waals surface area contributed by atoms with Crippen LogP contribution in [-0.4, -0.2) is 50.3 Å². The second kappa shape index (κ2) is 9.16. The van der Waals surface area contributed by atoms with Crippen molar-refractivity contribution in [3.8, 4) is 5.75 Å². The van der Waals surface area contributed by atoms with Crippen LogP contribution in [0.15, 0.2) is 42.5 Å². The fraction of sp³-hybridized carbons (Fsp3) is 0.435. The van der Waals surface area contributed by atoms with Gasteiger partial charge in [-0.1, -0.05) is 6.07 Å². The van der Waals surface area contributed by atoms with Crippen molar-refractivity contribution >= 4 is 11.7 Å². The Morgan fingerprint density at radius 2 is 1.69 bits per heavy atom. The van der Waals surface area contributed by atoms with Crippen LogP contribution >= 0.6 is 0 Å². The van der Waals surface area contributed by atoms with E-state index in [1.807, 2.05) is 11.0 Å². The molecule has 1 N–H and O–H groups in total. The smallest absolute Gasteiger partial charge is 0.317 e. The highest BCUT2D eigenvalue weighted by molar-refractivity contribution is 5.74. The molecule has 4 rings (SSSR count). The molecule has 154 valence electrons. The predicted molar refractivity (Wildman–Crippen MR) is 112 cm³/mol. The van der Waals surface area contributed by atoms with Crippen LogP contribution in [0.1, 0.15) is 24.0 Å². The van der Waals surface area contributed by atoms with E-state index >= 15 is 0 Å². The lowest BCUT2D eigenvalue weighted by Gasteiger charge is -2.36. The first-order chi connectivity index (χ1) is 14.2. The van der Waals surface area contributed by atoms with Gasteiger partial charge in [0, 0.05) is 31.9 Å². The van der Waals surface area contributed by atoms with Crippen LogP contribution in [-0.2, 0) is 12.8 Å². The minimum atomic E-state index is -0.232. The van der Waals surface area contributed by atoms with Crippen LogP contribution in [0.2, 0.25) is 0 Å². The Hall–Kier alpha value is -2.76. The van der Waals surface area contributed by atoms with Crippen LogP contribution in [0.4, 0.5) is 14.9 Å². The Morgan fingerprint density at radius 1 is 0.966 bits per heavy atom. The molecule has 1 heterocycles. The number of carbonyl (C=O) groups is 1. The number of ether oxygens (including phenoxy) is 1. The minimum absolute atomic E-state index is 0.0576. The number of urea groups is 1. The van der Waals surface area contributed by atoms with Gasteiger partial charge >= 0.3 is 6.03 Å². The minimum Gasteiger partial charge on any atom is -0.492 e. The van der Waals surface area contributed by atoms with Crippen molar-refractivity contribution in [2.45, 2.75) is 25.7 Å². The van der Waals surface area contributed by atoms with E-state index in [9.17, 15) is 9.18 Å². The number of nitrogens with one attached hydrogen (secondary N) is 1. The van der Waals surface area contributed by atoms with Crippen molar-refractivity contribution in [2.75, 3.05) is 44.2 Å². The SMILES string of the molecule is O=C(NCCOc1ccc2c(c1)CCCC2)N1CCN(c2ccc(F)cc2)CC1. The summed E-state index contributed by atoms with van der Waals surface area (Å²) >= 11 is 0. The first-order valence-corrected chi connectivity index (χ1v) is 10.5. The molecule has 2 aliphatic rings. The van der Waals surface area contributed by atoms with Gasteiger partial charge in [-0.25, -0.2) is 9.18 Å². The van der Waals surface area contributed by atoms with Crippen LogP contribution in [0.3, 0.4) is 0 Å². The molecule has 5 nitrogen and oxygen atoms in total. The summed E-state index contributed by atoms with van der Waals surface area (Å²) < 4.78 is 18.9. The largest absolute Gasteiger partial charge is 0.492 e. The number of nitrogens with zero attached hydrogens (tertiary/aromatic N) is 2. The van der Waals surface area contributed by atoms with Gasteiger partial charge in [-0.05, 0) is 73.2 Å². The molecule has 2 aromatic carbocycles. The Morgan fingerprint density at radius 3 is 2.45 bits per heavy atom. The second-order valence-corrected chi connectivity index (χ2v) is 7.67. The molecular formula is C23H28FN3O2. The molecule has 1 fully saturated rings. The van der Waals surface area contributed by atoms with Crippen molar-refractivity contribution in [2.24, 2.45) is 0 Å². The van der Waals surface area contributed by atoms with E-state index in [0.29, 0.717) is 26.2 Å². The van der Waals surface area contributed by atoms with E-state index in [0.717, 1.165) is 30.9 Å². The monoisotopic (exact) mass is 397 g/mol. The average Bonchev–Trinajstić information content (AvgIpc) is 2.77. The molecule has 0 bridgehead atoms. The lowest BCUT2D eigenvalue weighted by molar-refractivity contribution is 0.191. The zero-order chi connectivity index (χ0) is 20.1. The summed E-state index contributed by atoms with van der Waals surface area (Å²) in [5.74, 6) is 0.650. The Kier molecular flexibility index (Phi) is 6.17. The predicted octanol–water partition coefficient (Wildman–Crippen LogP) is 3.62. The Bertz CT molecular complexity index is 833. The highest BCUT2D eigenvalue weighted by Crippen LogP contribution is 2.25. The molecule has 2 aromatic rings. The first-order valence-electron chi connectivity index (χ1n) is 10.5. The Balaban J connectivity index is 1.17. The van der Waals surface area contributed by atoms with Crippen molar-refractivity contribution in [1.29, 1.82) is 0 Å². The number of rotatable bonds is 5. The van der Waals surface area contributed by atoms with Crippen LogP contribution < -0.4 is 15.0 Å². The van der Waals surface area contributed by atoms with Gasteiger partial charge < -0.3 is 19.9 Å². The van der Waals surface area contributed by atoms with Gasteiger partial charge in [0.05, 0.1) is 6.54 Å². The van der Waals surface area contributed by atoms with Gasteiger partial charge in [0.2, 0.25) is 0 Å². The Labute approximate surface area is 171 Å². The molecule has 1 saturated heterocycles. The number of benzene rings is 2. The van der Waals surface area contributed by atoms with Crippen LogP contribution in [0.5, 0.6) is 5.75 Å². The highest BCUT2D eigenvalue weighted by Gasteiger charge is 2.21. The topological polar surface area (TPSA) is 44.8 Å². The lowest BCUT2D eigenvalue weighted by Crippen LogP contribution is -2.52. The average molecular weight is 397 g/mol. The summed E-state index contributed by atoms with van der Waals surface area (Å²) in [6, 6.07) is 12.8. The molecule has 1 aliphatic carbocycles. The number of piperazine rings is 1. The van der Waals surface area contributed by atoms with Crippen LogP contribution in [0.25, 0.3) is 0 Å². The fourth-order valence-corrected chi connectivity index (χ4v) is 4.06. The quantitative estimate of drug-likeness (QED) is 0.784. The molecule has 0 aromatic heterocycles. The van der Waals surface area contributed by atoms with Gasteiger partial charge in [0.15, 0.2) is 0 Å². The van der Waals surface area contributed by atoms with E-state index in [2.05, 4.69) is 22.3 Å². The van der Waals surface area contributed by atoms with Gasteiger partial charge in [0.1, 0.15) is 18.2 Å². The summed E-state index contributed by atoms with van der Waals surface area (Å²) in [5.41, 5.74) is 3.83. The van der Waals surface area contributed by atoms with Gasteiger partial charge in [-0.3, -0.25) is 0 Å². The summed E-state index contributed by atoms with van der Waals surface area (Å²) in [7, 11) is 0. The maximum absolute atomic E-state index is 13.1. The van der Waals surface area contributed by atoms with Gasteiger partial charge in [-0.15, -0.1) is 0 Å². The van der Waals surface area contributed by atoms with Crippen molar-refractivity contribution in [3.05, 3.63) is 59.4 Å². The van der Waals surface area contributed by atoms with Crippen molar-refractivity contribution in [3.63, 3.8) is 0 Å². The first kappa shape index (κ1) is 19.6. The van der Waals surface area contributed by atoms with E-state index in [1.54, 1.807) is 12.1 Å². The zero-order valence-corrected chi connectivity index (χ0v) is 16.7. The van der Waals surface area contributed by atoms with E-state index in [4.69, 9.17) is 4.74 Å². The number of carbonyl (C=O) groups excluding carboxylic acids is 1. The van der Waals surface area contributed by atoms with Crippen molar-refractivity contribution in [1.82, 2.24) is 10.2 Å². The van der Waals surface area contributed by atoms with Gasteiger partial charge in [-0.2, -0.15) is 0 Å². The van der Waals surface area contributed by atoms with E-state index in [-0.39, 0.29) is 11.8 Å². The summed E-state index contributed by atoms with van der Waals surface area (Å²) in [4.78, 5) is 16.4. The molecule has 0 atom stereocenters.